The number of aliphatic imine (C=N–C) groups is 1. The Kier molecular flexibility index (Phi) is 7.25. The van der Waals surface area contributed by atoms with Crippen LogP contribution >= 0.6 is 11.3 Å². The number of benzene rings is 1. The summed E-state index contributed by atoms with van der Waals surface area (Å²) in [7, 11) is 1.72. The van der Waals surface area contributed by atoms with Crippen LogP contribution in [0, 0.1) is 5.82 Å². The van der Waals surface area contributed by atoms with Crippen molar-refractivity contribution in [3.63, 3.8) is 0 Å². The molecule has 0 bridgehead atoms. The molecule has 2 aromatic rings. The third-order valence-corrected chi connectivity index (χ3v) is 5.45. The number of amides is 1. The molecule has 0 radical (unpaired) electrons. The molecule has 1 aliphatic heterocycles. The van der Waals surface area contributed by atoms with Gasteiger partial charge in [-0.15, -0.1) is 0 Å². The summed E-state index contributed by atoms with van der Waals surface area (Å²) in [4.78, 5) is 20.7. The van der Waals surface area contributed by atoms with Crippen LogP contribution in [0.4, 0.5) is 10.1 Å². The summed E-state index contributed by atoms with van der Waals surface area (Å²) in [5.74, 6) is 0.601. The van der Waals surface area contributed by atoms with Gasteiger partial charge in [-0.05, 0) is 46.7 Å². The predicted molar refractivity (Wildman–Crippen MR) is 112 cm³/mol. The molecule has 1 saturated heterocycles. The quantitative estimate of drug-likeness (QED) is 0.574. The second-order valence-corrected chi connectivity index (χ2v) is 7.36. The number of hydrogen-bond donors (Lipinski definition) is 2. The Morgan fingerprint density at radius 1 is 1.14 bits per heavy atom. The fourth-order valence-corrected chi connectivity index (χ4v) is 3.78. The largest absolute Gasteiger partial charge is 0.368 e. The Morgan fingerprint density at radius 3 is 2.54 bits per heavy atom. The normalized spacial score (nSPS) is 14.9. The highest BCUT2D eigenvalue weighted by molar-refractivity contribution is 7.07. The summed E-state index contributed by atoms with van der Waals surface area (Å²) >= 11 is 1.67. The molecule has 1 amide bonds. The molecule has 6 nitrogen and oxygen atoms in total. The lowest BCUT2D eigenvalue weighted by Gasteiger charge is -2.36. The highest BCUT2D eigenvalue weighted by Gasteiger charge is 2.21. The molecular formula is C20H26FN5OS. The number of thiophene rings is 1. The number of carbonyl (C=O) groups excluding carboxylic acids is 1. The molecule has 0 atom stereocenters. The van der Waals surface area contributed by atoms with Crippen molar-refractivity contribution in [2.75, 3.05) is 44.7 Å². The van der Waals surface area contributed by atoms with Gasteiger partial charge in [0.05, 0.1) is 0 Å². The summed E-state index contributed by atoms with van der Waals surface area (Å²) in [6, 6.07) is 8.58. The number of guanidine groups is 1. The Morgan fingerprint density at radius 2 is 1.89 bits per heavy atom. The smallest absolute Gasteiger partial charge is 0.224 e. The number of hydrogen-bond acceptors (Lipinski definition) is 4. The number of halogens is 1. The van der Waals surface area contributed by atoms with E-state index in [1.807, 2.05) is 10.3 Å². The summed E-state index contributed by atoms with van der Waals surface area (Å²) in [6.45, 7) is 4.13. The molecule has 28 heavy (non-hydrogen) atoms. The van der Waals surface area contributed by atoms with Gasteiger partial charge in [-0.3, -0.25) is 9.79 Å². The van der Waals surface area contributed by atoms with Crippen molar-refractivity contribution in [1.29, 1.82) is 0 Å². The highest BCUT2D eigenvalue weighted by Crippen LogP contribution is 2.17. The number of anilines is 1. The highest BCUT2D eigenvalue weighted by atomic mass is 32.1. The van der Waals surface area contributed by atoms with Crippen molar-refractivity contribution in [1.82, 2.24) is 15.5 Å². The second-order valence-electron chi connectivity index (χ2n) is 6.58. The number of carbonyl (C=O) groups is 1. The second kappa shape index (κ2) is 10.1. The zero-order valence-corrected chi connectivity index (χ0v) is 16.8. The van der Waals surface area contributed by atoms with Gasteiger partial charge in [0.2, 0.25) is 5.91 Å². The van der Waals surface area contributed by atoms with E-state index in [0.717, 1.165) is 18.8 Å². The number of nitrogens with zero attached hydrogens (tertiary/aromatic N) is 3. The van der Waals surface area contributed by atoms with E-state index in [9.17, 15) is 9.18 Å². The maximum atomic E-state index is 13.1. The van der Waals surface area contributed by atoms with Crippen molar-refractivity contribution in [3.05, 3.63) is 52.5 Å². The van der Waals surface area contributed by atoms with Crippen molar-refractivity contribution in [2.24, 2.45) is 4.99 Å². The van der Waals surface area contributed by atoms with Gasteiger partial charge in [-0.2, -0.15) is 11.3 Å². The Labute approximate surface area is 169 Å². The number of rotatable bonds is 6. The van der Waals surface area contributed by atoms with E-state index in [4.69, 9.17) is 0 Å². The van der Waals surface area contributed by atoms with E-state index >= 15 is 0 Å². The van der Waals surface area contributed by atoms with Crippen LogP contribution in [0.25, 0.3) is 0 Å². The van der Waals surface area contributed by atoms with Crippen LogP contribution in [0.1, 0.15) is 12.0 Å². The van der Waals surface area contributed by atoms with Crippen molar-refractivity contribution in [2.45, 2.75) is 13.0 Å². The fraction of sp³-hybridized carbons (Fsp3) is 0.400. The van der Waals surface area contributed by atoms with E-state index in [1.165, 1.54) is 17.7 Å². The summed E-state index contributed by atoms with van der Waals surface area (Å²) in [5, 5.41) is 10.6. The van der Waals surface area contributed by atoms with Crippen molar-refractivity contribution >= 4 is 28.9 Å². The van der Waals surface area contributed by atoms with Gasteiger partial charge in [0, 0.05) is 58.4 Å². The van der Waals surface area contributed by atoms with Crippen LogP contribution in [0.3, 0.4) is 0 Å². The van der Waals surface area contributed by atoms with E-state index in [-0.39, 0.29) is 11.7 Å². The molecule has 1 aromatic heterocycles. The molecule has 3 rings (SSSR count). The first kappa shape index (κ1) is 20.1. The van der Waals surface area contributed by atoms with Crippen LogP contribution in [0.2, 0.25) is 0 Å². The van der Waals surface area contributed by atoms with Gasteiger partial charge >= 0.3 is 0 Å². The van der Waals surface area contributed by atoms with Crippen LogP contribution in [-0.4, -0.2) is 56.5 Å². The molecule has 0 unspecified atom stereocenters. The van der Waals surface area contributed by atoms with Crippen LogP contribution in [0.5, 0.6) is 0 Å². The lowest BCUT2D eigenvalue weighted by molar-refractivity contribution is -0.131. The molecule has 1 aromatic carbocycles. The SMILES string of the molecule is CN=C(NCCC(=O)N1CCN(c2ccc(F)cc2)CC1)NCc1ccsc1. The molecule has 0 spiro atoms. The van der Waals surface area contributed by atoms with Crippen molar-refractivity contribution < 1.29 is 9.18 Å². The zero-order valence-electron chi connectivity index (χ0n) is 16.0. The first-order chi connectivity index (χ1) is 13.7. The average molecular weight is 404 g/mol. The first-order valence-corrected chi connectivity index (χ1v) is 10.3. The molecule has 0 saturated carbocycles. The van der Waals surface area contributed by atoms with Gasteiger partial charge < -0.3 is 20.4 Å². The molecule has 150 valence electrons. The monoisotopic (exact) mass is 403 g/mol. The van der Waals surface area contributed by atoms with Crippen LogP contribution in [-0.2, 0) is 11.3 Å². The summed E-state index contributed by atoms with van der Waals surface area (Å²) in [5.41, 5.74) is 2.21. The molecule has 1 aliphatic rings. The van der Waals surface area contributed by atoms with Gasteiger partial charge in [0.15, 0.2) is 5.96 Å². The van der Waals surface area contributed by atoms with E-state index in [0.29, 0.717) is 38.6 Å². The molecular weight excluding hydrogens is 377 g/mol. The minimum absolute atomic E-state index is 0.138. The van der Waals surface area contributed by atoms with Crippen LogP contribution < -0.4 is 15.5 Å². The van der Waals surface area contributed by atoms with Gasteiger partial charge in [0.1, 0.15) is 5.82 Å². The zero-order chi connectivity index (χ0) is 19.8. The number of piperazine rings is 1. The van der Waals surface area contributed by atoms with Gasteiger partial charge in [-0.25, -0.2) is 4.39 Å². The molecule has 8 heteroatoms. The maximum absolute atomic E-state index is 13.1. The summed E-state index contributed by atoms with van der Waals surface area (Å²) < 4.78 is 13.1. The molecule has 1 fully saturated rings. The maximum Gasteiger partial charge on any atom is 0.224 e. The van der Waals surface area contributed by atoms with Gasteiger partial charge in [0.25, 0.3) is 0 Å². The molecule has 2 heterocycles. The Hall–Kier alpha value is -2.61. The third kappa shape index (κ3) is 5.69. The average Bonchev–Trinajstić information content (AvgIpc) is 3.25. The van der Waals surface area contributed by atoms with E-state index in [1.54, 1.807) is 30.5 Å². The lowest BCUT2D eigenvalue weighted by Crippen LogP contribution is -2.49. The minimum atomic E-state index is -0.232. The fourth-order valence-electron chi connectivity index (χ4n) is 3.11. The first-order valence-electron chi connectivity index (χ1n) is 9.39. The van der Waals surface area contributed by atoms with Gasteiger partial charge in [-0.1, -0.05) is 0 Å². The van der Waals surface area contributed by atoms with E-state index in [2.05, 4.69) is 32.0 Å². The summed E-state index contributed by atoms with van der Waals surface area (Å²) in [6.07, 6.45) is 0.426. The number of nitrogens with one attached hydrogen (secondary N) is 2. The molecule has 0 aliphatic carbocycles. The standard InChI is InChI=1S/C20H26FN5OS/c1-22-20(24-14-16-7-13-28-15-16)23-8-6-19(27)26-11-9-25(10-12-26)18-4-2-17(21)3-5-18/h2-5,7,13,15H,6,8-12,14H2,1H3,(H2,22,23,24). The van der Waals surface area contributed by atoms with Crippen LogP contribution in [0.15, 0.2) is 46.1 Å². The van der Waals surface area contributed by atoms with Crippen molar-refractivity contribution in [3.8, 4) is 0 Å². The topological polar surface area (TPSA) is 60.0 Å². The Balaban J connectivity index is 1.36. The lowest BCUT2D eigenvalue weighted by atomic mass is 10.2. The third-order valence-electron chi connectivity index (χ3n) is 4.72. The predicted octanol–water partition coefficient (Wildman–Crippen LogP) is 2.29. The Bertz CT molecular complexity index is 770. The minimum Gasteiger partial charge on any atom is -0.368 e. The van der Waals surface area contributed by atoms with E-state index < -0.39 is 0 Å². The molecule has 2 N–H and O–H groups in total.